The maximum atomic E-state index is 11.5. The fraction of sp³-hybridized carbons (Fsp3) is 0.371. The van der Waals surface area contributed by atoms with Crippen molar-refractivity contribution in [2.24, 2.45) is 10.8 Å². The van der Waals surface area contributed by atoms with Crippen molar-refractivity contribution in [1.82, 2.24) is 0 Å². The third-order valence-electron chi connectivity index (χ3n) is 8.19. The standard InChI is InChI=1S/C35H44O4P/c1-25-29(31(37)33(39-7)32(38-6)30(25)36)35(4,5)23-34(2,3)24-40(26-17-11-8-12-18-26,27-19-13-9-14-20-27)28-21-15-10-16-22-28/h8-22,30-31,36-37H,23-24H2,1-7H3/q+1. The quantitative estimate of drug-likeness (QED) is 0.237. The zero-order chi connectivity index (χ0) is 29.1. The van der Waals surface area contributed by atoms with Crippen molar-refractivity contribution in [1.29, 1.82) is 0 Å². The summed E-state index contributed by atoms with van der Waals surface area (Å²) in [6.45, 7) is 10.9. The molecule has 212 valence electrons. The highest BCUT2D eigenvalue weighted by Gasteiger charge is 2.51. The fourth-order valence-electron chi connectivity index (χ4n) is 7.05. The maximum Gasteiger partial charge on any atom is 0.169 e. The van der Waals surface area contributed by atoms with Gasteiger partial charge in [-0.2, -0.15) is 0 Å². The van der Waals surface area contributed by atoms with E-state index in [2.05, 4.69) is 119 Å². The third-order valence-corrected chi connectivity index (χ3v) is 13.1. The predicted octanol–water partition coefficient (Wildman–Crippen LogP) is 5.98. The Morgan fingerprint density at radius 3 is 1.40 bits per heavy atom. The molecular formula is C35H44O4P+. The summed E-state index contributed by atoms with van der Waals surface area (Å²) in [5.41, 5.74) is 0.946. The van der Waals surface area contributed by atoms with Crippen LogP contribution in [0.1, 0.15) is 41.0 Å². The Morgan fingerprint density at radius 1 is 0.650 bits per heavy atom. The fourth-order valence-corrected chi connectivity index (χ4v) is 11.9. The first-order chi connectivity index (χ1) is 19.0. The number of rotatable bonds is 10. The lowest BCUT2D eigenvalue weighted by Gasteiger charge is -2.43. The Labute approximate surface area is 240 Å². The highest BCUT2D eigenvalue weighted by molar-refractivity contribution is 7.95. The van der Waals surface area contributed by atoms with E-state index in [1.807, 2.05) is 6.92 Å². The summed E-state index contributed by atoms with van der Waals surface area (Å²) in [5.74, 6) is 0.551. The van der Waals surface area contributed by atoms with Crippen molar-refractivity contribution < 1.29 is 19.7 Å². The van der Waals surface area contributed by atoms with Crippen LogP contribution in [-0.4, -0.2) is 42.8 Å². The van der Waals surface area contributed by atoms with Gasteiger partial charge in [-0.3, -0.25) is 0 Å². The average molecular weight is 560 g/mol. The van der Waals surface area contributed by atoms with Crippen LogP contribution in [0.5, 0.6) is 0 Å². The van der Waals surface area contributed by atoms with E-state index in [0.29, 0.717) is 0 Å². The molecule has 1 aliphatic rings. The van der Waals surface area contributed by atoms with Gasteiger partial charge < -0.3 is 19.7 Å². The third kappa shape index (κ3) is 5.63. The van der Waals surface area contributed by atoms with E-state index < -0.39 is 24.9 Å². The van der Waals surface area contributed by atoms with E-state index >= 15 is 0 Å². The van der Waals surface area contributed by atoms with Crippen LogP contribution in [0.2, 0.25) is 0 Å². The second kappa shape index (κ2) is 11.9. The van der Waals surface area contributed by atoms with Crippen LogP contribution in [0.25, 0.3) is 0 Å². The van der Waals surface area contributed by atoms with E-state index in [9.17, 15) is 10.2 Å². The highest BCUT2D eigenvalue weighted by atomic mass is 31.2. The van der Waals surface area contributed by atoms with Gasteiger partial charge in [0, 0.05) is 5.41 Å². The van der Waals surface area contributed by atoms with Crippen molar-refractivity contribution in [3.63, 3.8) is 0 Å². The molecule has 5 heteroatoms. The second-order valence-corrected chi connectivity index (χ2v) is 15.7. The summed E-state index contributed by atoms with van der Waals surface area (Å²) in [5, 5.41) is 26.7. The Balaban J connectivity index is 1.82. The lowest BCUT2D eigenvalue weighted by Crippen LogP contribution is -2.42. The predicted molar refractivity (Wildman–Crippen MR) is 168 cm³/mol. The van der Waals surface area contributed by atoms with Crippen molar-refractivity contribution in [3.8, 4) is 0 Å². The summed E-state index contributed by atoms with van der Waals surface area (Å²) >= 11 is 0. The highest BCUT2D eigenvalue weighted by Crippen LogP contribution is 2.60. The smallest absolute Gasteiger partial charge is 0.169 e. The minimum Gasteiger partial charge on any atom is -0.494 e. The first kappa shape index (κ1) is 30.1. The zero-order valence-electron chi connectivity index (χ0n) is 24.9. The van der Waals surface area contributed by atoms with Crippen molar-refractivity contribution in [2.45, 2.75) is 53.2 Å². The molecule has 3 aromatic rings. The molecule has 3 aromatic carbocycles. The van der Waals surface area contributed by atoms with E-state index in [0.717, 1.165) is 23.7 Å². The second-order valence-electron chi connectivity index (χ2n) is 12.2. The molecule has 0 amide bonds. The van der Waals surface area contributed by atoms with E-state index in [1.165, 1.54) is 30.1 Å². The molecule has 40 heavy (non-hydrogen) atoms. The first-order valence-corrected chi connectivity index (χ1v) is 15.9. The van der Waals surface area contributed by atoms with Gasteiger partial charge >= 0.3 is 0 Å². The number of aliphatic hydroxyl groups is 2. The Bertz CT molecular complexity index is 1250. The summed E-state index contributed by atoms with van der Waals surface area (Å²) in [4.78, 5) is 0. The molecular weight excluding hydrogens is 515 g/mol. The molecule has 4 rings (SSSR count). The molecule has 4 nitrogen and oxygen atoms in total. The Morgan fingerprint density at radius 2 is 1.02 bits per heavy atom. The normalized spacial score (nSPS) is 18.6. The number of hydrogen-bond donors (Lipinski definition) is 2. The van der Waals surface area contributed by atoms with Gasteiger partial charge in [0.05, 0.1) is 20.4 Å². The van der Waals surface area contributed by atoms with Crippen molar-refractivity contribution in [2.75, 3.05) is 20.4 Å². The van der Waals surface area contributed by atoms with Gasteiger partial charge in [0.2, 0.25) is 0 Å². The largest absolute Gasteiger partial charge is 0.494 e. The Hall–Kier alpha value is -2.91. The van der Waals surface area contributed by atoms with Gasteiger partial charge in [-0.05, 0) is 66.3 Å². The summed E-state index contributed by atoms with van der Waals surface area (Å²) in [7, 11) is 0.950. The molecule has 2 unspecified atom stereocenters. The van der Waals surface area contributed by atoms with Crippen LogP contribution >= 0.6 is 7.26 Å². The molecule has 0 aromatic heterocycles. The molecule has 0 bridgehead atoms. The van der Waals surface area contributed by atoms with E-state index in [-0.39, 0.29) is 16.9 Å². The van der Waals surface area contributed by atoms with E-state index in [4.69, 9.17) is 9.47 Å². The van der Waals surface area contributed by atoms with Crippen molar-refractivity contribution >= 4 is 23.2 Å². The average Bonchev–Trinajstić information content (AvgIpc) is 2.94. The van der Waals surface area contributed by atoms with Gasteiger partial charge in [-0.1, -0.05) is 82.3 Å². The minimum atomic E-state index is -2.06. The van der Waals surface area contributed by atoms with Crippen LogP contribution in [-0.2, 0) is 9.47 Å². The summed E-state index contributed by atoms with van der Waals surface area (Å²) in [6.07, 6.45) is -0.191. The first-order valence-electron chi connectivity index (χ1n) is 13.9. The molecule has 0 heterocycles. The summed E-state index contributed by atoms with van der Waals surface area (Å²) < 4.78 is 11.0. The number of hydrogen-bond acceptors (Lipinski definition) is 4. The minimum absolute atomic E-state index is 0.144. The van der Waals surface area contributed by atoms with Gasteiger partial charge in [0.15, 0.2) is 11.5 Å². The SMILES string of the molecule is COC1=C(OC)C(O)C(C(C)(C)CC(C)(C)C[P+](c2ccccc2)(c2ccccc2)c2ccccc2)=C(C)C1O. The van der Waals surface area contributed by atoms with E-state index in [1.54, 1.807) is 0 Å². The topological polar surface area (TPSA) is 58.9 Å². The van der Waals surface area contributed by atoms with Crippen LogP contribution in [0, 0.1) is 10.8 Å². The molecule has 0 saturated carbocycles. The molecule has 0 saturated heterocycles. The molecule has 0 fully saturated rings. The van der Waals surface area contributed by atoms with Crippen molar-refractivity contribution in [3.05, 3.63) is 114 Å². The molecule has 0 aliphatic heterocycles. The number of methoxy groups -OCH3 is 2. The van der Waals surface area contributed by atoms with Gasteiger partial charge in [-0.15, -0.1) is 0 Å². The summed E-state index contributed by atoms with van der Waals surface area (Å²) in [6, 6.07) is 32.8. The van der Waals surface area contributed by atoms with Gasteiger partial charge in [-0.25, -0.2) is 0 Å². The van der Waals surface area contributed by atoms with Crippen LogP contribution in [0.3, 0.4) is 0 Å². The van der Waals surface area contributed by atoms with Gasteiger partial charge in [0.1, 0.15) is 35.4 Å². The number of aliphatic hydroxyl groups excluding tert-OH is 2. The molecule has 2 atom stereocenters. The van der Waals surface area contributed by atoms with Crippen LogP contribution < -0.4 is 15.9 Å². The Kier molecular flexibility index (Phi) is 8.95. The number of ether oxygens (including phenoxy) is 2. The van der Waals surface area contributed by atoms with Crippen LogP contribution in [0.15, 0.2) is 114 Å². The number of benzene rings is 3. The molecule has 2 N–H and O–H groups in total. The lowest BCUT2D eigenvalue weighted by atomic mass is 9.67. The lowest BCUT2D eigenvalue weighted by molar-refractivity contribution is 0.0653. The molecule has 0 spiro atoms. The molecule has 1 aliphatic carbocycles. The monoisotopic (exact) mass is 559 g/mol. The molecule has 0 radical (unpaired) electrons. The zero-order valence-corrected chi connectivity index (χ0v) is 25.8. The van der Waals surface area contributed by atoms with Gasteiger partial charge in [0.25, 0.3) is 0 Å². The maximum absolute atomic E-state index is 11.5. The van der Waals surface area contributed by atoms with Crippen LogP contribution in [0.4, 0.5) is 0 Å².